The van der Waals surface area contributed by atoms with Gasteiger partial charge in [0.25, 0.3) is 5.91 Å². The van der Waals surface area contributed by atoms with Crippen molar-refractivity contribution in [3.05, 3.63) is 94.5 Å². The zero-order valence-electron chi connectivity index (χ0n) is 17.3. The van der Waals surface area contributed by atoms with Crippen molar-refractivity contribution < 1.29 is 17.9 Å². The summed E-state index contributed by atoms with van der Waals surface area (Å²) in [6.45, 7) is -0.340. The van der Waals surface area contributed by atoms with Gasteiger partial charge in [0.15, 0.2) is 0 Å². The smallest absolute Gasteiger partial charge is 0.255 e. The van der Waals surface area contributed by atoms with E-state index in [4.69, 9.17) is 4.74 Å². The predicted molar refractivity (Wildman–Crippen MR) is 127 cm³/mol. The maximum absolute atomic E-state index is 13.2. The number of carbonyl (C=O) groups excluding carboxylic acids is 1. The molecule has 0 saturated carbocycles. The van der Waals surface area contributed by atoms with E-state index in [9.17, 15) is 13.2 Å². The number of nitrogens with one attached hydrogen (secondary N) is 1. The lowest BCUT2D eigenvalue weighted by Gasteiger charge is -2.21. The standard InChI is InChI=1S/C23H22BrN3O4S/c1-31-22-13-12-20(24)14-19(22)15-25-26-23(28)17-27(16-18-8-4-2-5-9-18)32(29,30)21-10-6-3-7-11-21/h2-15H,16-17H2,1H3,(H,26,28)/b25-15-. The van der Waals surface area contributed by atoms with E-state index in [1.54, 1.807) is 30.3 Å². The molecule has 0 spiro atoms. The molecule has 0 bridgehead atoms. The minimum Gasteiger partial charge on any atom is -0.496 e. The summed E-state index contributed by atoms with van der Waals surface area (Å²) in [7, 11) is -2.36. The fraction of sp³-hybridized carbons (Fsp3) is 0.130. The van der Waals surface area contributed by atoms with Crippen molar-refractivity contribution in [2.45, 2.75) is 11.4 Å². The first-order valence-electron chi connectivity index (χ1n) is 9.64. The summed E-state index contributed by atoms with van der Waals surface area (Å²) < 4.78 is 33.6. The second kappa shape index (κ2) is 11.0. The van der Waals surface area contributed by atoms with Gasteiger partial charge in [-0.1, -0.05) is 64.5 Å². The largest absolute Gasteiger partial charge is 0.496 e. The summed E-state index contributed by atoms with van der Waals surface area (Å²) in [4.78, 5) is 12.7. The summed E-state index contributed by atoms with van der Waals surface area (Å²) in [6.07, 6.45) is 1.44. The van der Waals surface area contributed by atoms with Crippen LogP contribution in [-0.2, 0) is 21.4 Å². The molecule has 1 N–H and O–H groups in total. The third kappa shape index (κ3) is 6.25. The number of hydrogen-bond donors (Lipinski definition) is 1. The van der Waals surface area contributed by atoms with Gasteiger partial charge in [0.05, 0.1) is 24.8 Å². The number of amides is 1. The lowest BCUT2D eigenvalue weighted by molar-refractivity contribution is -0.121. The first-order valence-corrected chi connectivity index (χ1v) is 11.9. The molecule has 0 aliphatic heterocycles. The van der Waals surface area contributed by atoms with E-state index in [0.717, 1.165) is 14.3 Å². The molecule has 7 nitrogen and oxygen atoms in total. The van der Waals surface area contributed by atoms with Gasteiger partial charge in [0, 0.05) is 16.6 Å². The molecule has 3 aromatic carbocycles. The van der Waals surface area contributed by atoms with Crippen LogP contribution in [0.5, 0.6) is 5.75 Å². The number of sulfonamides is 1. The Morgan fingerprint density at radius 1 is 1.06 bits per heavy atom. The summed E-state index contributed by atoms with van der Waals surface area (Å²) in [5, 5.41) is 3.96. The number of hydrogen-bond acceptors (Lipinski definition) is 5. The van der Waals surface area contributed by atoms with Crippen molar-refractivity contribution >= 4 is 38.1 Å². The lowest BCUT2D eigenvalue weighted by atomic mass is 10.2. The quantitative estimate of drug-likeness (QED) is 0.346. The lowest BCUT2D eigenvalue weighted by Crippen LogP contribution is -2.39. The summed E-state index contributed by atoms with van der Waals surface area (Å²) in [6, 6.07) is 22.5. The molecule has 0 aliphatic rings. The maximum atomic E-state index is 13.2. The van der Waals surface area contributed by atoms with Crippen molar-refractivity contribution in [3.63, 3.8) is 0 Å². The van der Waals surface area contributed by atoms with Crippen LogP contribution in [0, 0.1) is 0 Å². The third-order valence-corrected chi connectivity index (χ3v) is 6.79. The monoisotopic (exact) mass is 515 g/mol. The summed E-state index contributed by atoms with van der Waals surface area (Å²) in [5.74, 6) is 0.0224. The minimum absolute atomic E-state index is 0.0503. The summed E-state index contributed by atoms with van der Waals surface area (Å²) >= 11 is 3.38. The molecule has 0 fully saturated rings. The van der Waals surface area contributed by atoms with E-state index in [-0.39, 0.29) is 18.0 Å². The predicted octanol–water partition coefficient (Wildman–Crippen LogP) is 3.80. The Balaban J connectivity index is 1.77. The molecule has 0 aromatic heterocycles. The van der Waals surface area contributed by atoms with E-state index in [1.807, 2.05) is 36.4 Å². The Morgan fingerprint density at radius 3 is 2.38 bits per heavy atom. The van der Waals surface area contributed by atoms with Crippen LogP contribution in [0.15, 0.2) is 93.3 Å². The van der Waals surface area contributed by atoms with Gasteiger partial charge in [-0.2, -0.15) is 9.41 Å². The molecular weight excluding hydrogens is 494 g/mol. The average Bonchev–Trinajstić information content (AvgIpc) is 2.80. The van der Waals surface area contributed by atoms with Crippen LogP contribution in [-0.4, -0.2) is 38.5 Å². The number of rotatable bonds is 9. The minimum atomic E-state index is -3.89. The van der Waals surface area contributed by atoms with Gasteiger partial charge in [-0.05, 0) is 35.9 Å². The Hall–Kier alpha value is -3.01. The molecule has 9 heteroatoms. The molecule has 32 heavy (non-hydrogen) atoms. The number of methoxy groups -OCH3 is 1. The molecule has 0 aliphatic carbocycles. The number of halogens is 1. The van der Waals surface area contributed by atoms with Gasteiger partial charge in [-0.25, -0.2) is 13.8 Å². The van der Waals surface area contributed by atoms with E-state index < -0.39 is 15.9 Å². The zero-order valence-corrected chi connectivity index (χ0v) is 19.7. The Morgan fingerprint density at radius 2 is 1.72 bits per heavy atom. The van der Waals surface area contributed by atoms with Gasteiger partial charge in [0.1, 0.15) is 5.75 Å². The Labute approximate surface area is 195 Å². The number of ether oxygens (including phenoxy) is 1. The molecule has 0 radical (unpaired) electrons. The third-order valence-electron chi connectivity index (χ3n) is 4.49. The van der Waals surface area contributed by atoms with Gasteiger partial charge in [-0.15, -0.1) is 0 Å². The van der Waals surface area contributed by atoms with Crippen LogP contribution < -0.4 is 10.2 Å². The van der Waals surface area contributed by atoms with E-state index >= 15 is 0 Å². The first-order chi connectivity index (χ1) is 15.4. The van der Waals surface area contributed by atoms with Crippen molar-refractivity contribution in [3.8, 4) is 5.75 Å². The Kier molecular flexibility index (Phi) is 8.15. The molecule has 3 rings (SSSR count). The van der Waals surface area contributed by atoms with Crippen LogP contribution >= 0.6 is 15.9 Å². The van der Waals surface area contributed by atoms with Crippen LogP contribution in [0.2, 0.25) is 0 Å². The van der Waals surface area contributed by atoms with Crippen molar-refractivity contribution in [2.75, 3.05) is 13.7 Å². The number of benzene rings is 3. The van der Waals surface area contributed by atoms with Crippen LogP contribution in [0.4, 0.5) is 0 Å². The number of hydrazone groups is 1. The summed E-state index contributed by atoms with van der Waals surface area (Å²) in [5.41, 5.74) is 3.81. The molecular formula is C23H22BrN3O4S. The topological polar surface area (TPSA) is 88.1 Å². The normalized spacial score (nSPS) is 11.6. The highest BCUT2D eigenvalue weighted by molar-refractivity contribution is 9.10. The van der Waals surface area contributed by atoms with Gasteiger partial charge in [0.2, 0.25) is 10.0 Å². The zero-order chi connectivity index (χ0) is 23.0. The average molecular weight is 516 g/mol. The van der Waals surface area contributed by atoms with E-state index in [0.29, 0.717) is 11.3 Å². The molecule has 3 aromatic rings. The SMILES string of the molecule is COc1ccc(Br)cc1/C=N\NC(=O)CN(Cc1ccccc1)S(=O)(=O)c1ccccc1. The number of carbonyl (C=O) groups is 1. The molecule has 0 unspecified atom stereocenters. The van der Waals surface area contributed by atoms with Gasteiger partial charge >= 0.3 is 0 Å². The molecule has 1 amide bonds. The molecule has 0 heterocycles. The van der Waals surface area contributed by atoms with Crippen molar-refractivity contribution in [1.29, 1.82) is 0 Å². The second-order valence-electron chi connectivity index (χ2n) is 6.75. The highest BCUT2D eigenvalue weighted by Crippen LogP contribution is 2.21. The highest BCUT2D eigenvalue weighted by Gasteiger charge is 2.26. The van der Waals surface area contributed by atoms with E-state index in [2.05, 4.69) is 26.5 Å². The van der Waals surface area contributed by atoms with Gasteiger partial charge < -0.3 is 4.74 Å². The van der Waals surface area contributed by atoms with Crippen LogP contribution in [0.25, 0.3) is 0 Å². The van der Waals surface area contributed by atoms with E-state index in [1.165, 1.54) is 25.5 Å². The van der Waals surface area contributed by atoms with Gasteiger partial charge in [-0.3, -0.25) is 4.79 Å². The van der Waals surface area contributed by atoms with Crippen LogP contribution in [0.3, 0.4) is 0 Å². The van der Waals surface area contributed by atoms with Crippen LogP contribution in [0.1, 0.15) is 11.1 Å². The first kappa shape index (κ1) is 23.6. The van der Waals surface area contributed by atoms with Crippen molar-refractivity contribution in [1.82, 2.24) is 9.73 Å². The second-order valence-corrected chi connectivity index (χ2v) is 9.60. The highest BCUT2D eigenvalue weighted by atomic mass is 79.9. The number of nitrogens with zero attached hydrogens (tertiary/aromatic N) is 2. The Bertz CT molecular complexity index is 1190. The molecule has 0 atom stereocenters. The fourth-order valence-corrected chi connectivity index (χ4v) is 4.71. The molecule has 0 saturated heterocycles. The maximum Gasteiger partial charge on any atom is 0.255 e. The van der Waals surface area contributed by atoms with Crippen molar-refractivity contribution in [2.24, 2.45) is 5.10 Å². The molecule has 166 valence electrons. The fourth-order valence-electron chi connectivity index (χ4n) is 2.93.